The van der Waals surface area contributed by atoms with Crippen molar-refractivity contribution in [2.75, 3.05) is 24.6 Å². The maximum Gasteiger partial charge on any atom is 0.341 e. The van der Waals surface area contributed by atoms with Gasteiger partial charge in [-0.05, 0) is 49.1 Å². The molecule has 9 heteroatoms. The lowest BCUT2D eigenvalue weighted by Crippen LogP contribution is -2.46. The fourth-order valence-corrected chi connectivity index (χ4v) is 5.37. The number of nitrogens with zero attached hydrogens (tertiary/aromatic N) is 2. The van der Waals surface area contributed by atoms with Crippen LogP contribution in [0.15, 0.2) is 41.3 Å². The van der Waals surface area contributed by atoms with Crippen LogP contribution in [0.5, 0.6) is 0 Å². The highest BCUT2D eigenvalue weighted by atomic mass is 35.5. The lowest BCUT2D eigenvalue weighted by molar-refractivity contribution is -0.00525. The topological polar surface area (TPSA) is 92.0 Å². The Morgan fingerprint density at radius 2 is 1.86 bits per heavy atom. The van der Waals surface area contributed by atoms with E-state index in [0.29, 0.717) is 29.7 Å². The SMILES string of the molecule is CC1CN(c2cc3c(cc2Cc2cccc(Cl)c2F)c(=O)c(C(=O)O)cn3[C@H](CO)C(C)C)CC(C)O1. The zero-order valence-corrected chi connectivity index (χ0v) is 22.1. The molecule has 1 saturated heterocycles. The van der Waals surface area contributed by atoms with E-state index in [1.165, 1.54) is 12.3 Å². The molecule has 0 bridgehead atoms. The van der Waals surface area contributed by atoms with E-state index < -0.39 is 23.3 Å². The van der Waals surface area contributed by atoms with Gasteiger partial charge >= 0.3 is 5.97 Å². The molecule has 0 radical (unpaired) electrons. The number of aromatic nitrogens is 1. The number of anilines is 1. The van der Waals surface area contributed by atoms with Gasteiger partial charge in [0.1, 0.15) is 11.4 Å². The number of aliphatic hydroxyl groups is 1. The Hall–Kier alpha value is -2.94. The summed E-state index contributed by atoms with van der Waals surface area (Å²) in [6.45, 7) is 8.76. The van der Waals surface area contributed by atoms with Crippen molar-refractivity contribution in [1.29, 1.82) is 0 Å². The molecule has 0 aliphatic carbocycles. The molecule has 4 rings (SSSR count). The maximum atomic E-state index is 14.9. The quantitative estimate of drug-likeness (QED) is 0.452. The third kappa shape index (κ3) is 5.37. The van der Waals surface area contributed by atoms with E-state index >= 15 is 0 Å². The monoisotopic (exact) mass is 530 g/mol. The van der Waals surface area contributed by atoms with Crippen LogP contribution < -0.4 is 10.3 Å². The van der Waals surface area contributed by atoms with Gasteiger partial charge in [-0.3, -0.25) is 4.79 Å². The second-order valence-corrected chi connectivity index (χ2v) is 10.5. The van der Waals surface area contributed by atoms with E-state index in [0.717, 1.165) is 5.69 Å². The predicted octanol–water partition coefficient (Wildman–Crippen LogP) is 4.89. The van der Waals surface area contributed by atoms with Crippen LogP contribution >= 0.6 is 11.6 Å². The number of rotatable bonds is 7. The summed E-state index contributed by atoms with van der Waals surface area (Å²) >= 11 is 6.04. The Morgan fingerprint density at radius 3 is 2.46 bits per heavy atom. The normalized spacial score (nSPS) is 19.0. The standard InChI is InChI=1S/C28H32ClFN2O5/c1-15(2)25(14-33)32-13-21(28(35)36)27(34)20-9-19(8-18-6-5-7-22(29)26(18)30)23(10-24(20)32)31-11-16(3)37-17(4)12-31/h5-7,9-10,13,15-17,25,33H,8,11-12,14H2,1-4H3,(H,35,36)/t16?,17?,25-/m1/s1. The second kappa shape index (κ2) is 10.8. The summed E-state index contributed by atoms with van der Waals surface area (Å²) in [7, 11) is 0. The minimum atomic E-state index is -1.34. The molecule has 198 valence electrons. The molecule has 2 heterocycles. The second-order valence-electron chi connectivity index (χ2n) is 10.1. The fourth-order valence-electron chi connectivity index (χ4n) is 5.18. The van der Waals surface area contributed by atoms with E-state index in [4.69, 9.17) is 16.3 Å². The molecule has 1 aromatic heterocycles. The number of carboxylic acid groups (broad SMARTS) is 1. The highest BCUT2D eigenvalue weighted by Gasteiger charge is 2.27. The van der Waals surface area contributed by atoms with Crippen LogP contribution in [0.25, 0.3) is 10.9 Å². The Morgan fingerprint density at radius 1 is 1.19 bits per heavy atom. The molecule has 0 saturated carbocycles. The van der Waals surface area contributed by atoms with Gasteiger partial charge in [-0.1, -0.05) is 37.6 Å². The van der Waals surface area contributed by atoms with Gasteiger partial charge in [0, 0.05) is 36.8 Å². The lowest BCUT2D eigenvalue weighted by atomic mass is 9.97. The van der Waals surface area contributed by atoms with Gasteiger partial charge < -0.3 is 24.4 Å². The first-order valence-corrected chi connectivity index (χ1v) is 12.8. The van der Waals surface area contributed by atoms with Gasteiger partial charge in [-0.2, -0.15) is 0 Å². The van der Waals surface area contributed by atoms with Crippen LogP contribution in [0.3, 0.4) is 0 Å². The number of morpholine rings is 1. The number of halogens is 2. The summed E-state index contributed by atoms with van der Waals surface area (Å²) in [5.41, 5.74) is 1.35. The molecular formula is C28H32ClFN2O5. The molecule has 1 aliphatic heterocycles. The van der Waals surface area contributed by atoms with Crippen molar-refractivity contribution in [1.82, 2.24) is 4.57 Å². The summed E-state index contributed by atoms with van der Waals surface area (Å²) in [4.78, 5) is 27.5. The van der Waals surface area contributed by atoms with Crippen molar-refractivity contribution in [2.24, 2.45) is 5.92 Å². The largest absolute Gasteiger partial charge is 0.477 e. The van der Waals surface area contributed by atoms with Gasteiger partial charge in [-0.25, -0.2) is 9.18 Å². The van der Waals surface area contributed by atoms with Gasteiger partial charge in [0.15, 0.2) is 0 Å². The number of fused-ring (bicyclic) bond motifs is 1. The molecule has 2 N–H and O–H groups in total. The highest BCUT2D eigenvalue weighted by Crippen LogP contribution is 2.33. The first-order valence-electron chi connectivity index (χ1n) is 12.4. The van der Waals surface area contributed by atoms with E-state index in [9.17, 15) is 24.2 Å². The average Bonchev–Trinajstić information content (AvgIpc) is 2.82. The van der Waals surface area contributed by atoms with Crippen LogP contribution in [-0.2, 0) is 11.2 Å². The molecule has 0 spiro atoms. The Labute approximate surface area is 220 Å². The van der Waals surface area contributed by atoms with Gasteiger partial charge in [0.25, 0.3) is 0 Å². The molecular weight excluding hydrogens is 499 g/mol. The van der Waals surface area contributed by atoms with Gasteiger partial charge in [-0.15, -0.1) is 0 Å². The Bertz CT molecular complexity index is 1380. The first-order chi connectivity index (χ1) is 17.5. The Kier molecular flexibility index (Phi) is 7.92. The van der Waals surface area contributed by atoms with E-state index in [1.54, 1.807) is 22.8 Å². The van der Waals surface area contributed by atoms with Crippen LogP contribution in [0.1, 0.15) is 55.2 Å². The van der Waals surface area contributed by atoms with Crippen molar-refractivity contribution >= 4 is 34.2 Å². The van der Waals surface area contributed by atoms with Crippen molar-refractivity contribution < 1.29 is 24.1 Å². The Balaban J connectivity index is 2.03. The number of aliphatic hydroxyl groups excluding tert-OH is 1. The number of hydrogen-bond acceptors (Lipinski definition) is 5. The third-order valence-corrected chi connectivity index (χ3v) is 7.24. The molecule has 3 atom stereocenters. The number of benzene rings is 2. The predicted molar refractivity (Wildman–Crippen MR) is 143 cm³/mol. The van der Waals surface area contributed by atoms with Crippen molar-refractivity contribution in [3.8, 4) is 0 Å². The van der Waals surface area contributed by atoms with Crippen molar-refractivity contribution in [2.45, 2.75) is 52.4 Å². The maximum absolute atomic E-state index is 14.9. The molecule has 37 heavy (non-hydrogen) atoms. The number of aromatic carboxylic acids is 1. The zero-order chi connectivity index (χ0) is 27.0. The third-order valence-electron chi connectivity index (χ3n) is 6.95. The number of carboxylic acids is 1. The summed E-state index contributed by atoms with van der Waals surface area (Å²) in [6.07, 6.45) is 1.38. The van der Waals surface area contributed by atoms with E-state index in [-0.39, 0.29) is 47.1 Å². The summed E-state index contributed by atoms with van der Waals surface area (Å²) in [5.74, 6) is -1.91. The van der Waals surface area contributed by atoms with Gasteiger partial charge in [0.05, 0.1) is 35.4 Å². The molecule has 0 amide bonds. The molecule has 1 fully saturated rings. The van der Waals surface area contributed by atoms with E-state index in [2.05, 4.69) is 4.90 Å². The highest BCUT2D eigenvalue weighted by molar-refractivity contribution is 6.30. The van der Waals surface area contributed by atoms with Crippen LogP contribution in [0.2, 0.25) is 5.02 Å². The smallest absolute Gasteiger partial charge is 0.341 e. The molecule has 7 nitrogen and oxygen atoms in total. The summed E-state index contributed by atoms with van der Waals surface area (Å²) < 4.78 is 22.5. The lowest BCUT2D eigenvalue weighted by Gasteiger charge is -2.38. The minimum absolute atomic E-state index is 0.00620. The minimum Gasteiger partial charge on any atom is -0.477 e. The van der Waals surface area contributed by atoms with Crippen LogP contribution in [-0.4, -0.2) is 52.7 Å². The number of pyridine rings is 1. The van der Waals surface area contributed by atoms with Crippen molar-refractivity contribution in [3.63, 3.8) is 0 Å². The van der Waals surface area contributed by atoms with Gasteiger partial charge in [0.2, 0.25) is 5.43 Å². The molecule has 2 aromatic carbocycles. The average molecular weight is 531 g/mol. The number of hydrogen-bond donors (Lipinski definition) is 2. The van der Waals surface area contributed by atoms with E-state index in [1.807, 2.05) is 33.8 Å². The fraction of sp³-hybridized carbons (Fsp3) is 0.429. The van der Waals surface area contributed by atoms with Crippen LogP contribution in [0.4, 0.5) is 10.1 Å². The summed E-state index contributed by atoms with van der Waals surface area (Å²) in [6, 6.07) is 7.86. The molecule has 2 unspecified atom stereocenters. The molecule has 3 aromatic rings. The first kappa shape index (κ1) is 27.1. The number of ether oxygens (including phenoxy) is 1. The number of carbonyl (C=O) groups is 1. The zero-order valence-electron chi connectivity index (χ0n) is 21.4. The molecule has 1 aliphatic rings. The summed E-state index contributed by atoms with van der Waals surface area (Å²) in [5, 5.41) is 20.2. The van der Waals surface area contributed by atoms with Crippen molar-refractivity contribution in [3.05, 3.63) is 74.3 Å². The van der Waals surface area contributed by atoms with Crippen LogP contribution in [0, 0.1) is 11.7 Å².